The van der Waals surface area contributed by atoms with Crippen molar-refractivity contribution in [3.8, 4) is 22.6 Å². The third kappa shape index (κ3) is 7.56. The fourth-order valence-electron chi connectivity index (χ4n) is 7.53. The standard InChI is InChI=1S/C37H45ClF2N6O5/c1-22-23(2)36(49)43(3)19-26(22)24-16-31(50-4)27(32(17-24)51-5)20-44-11-10-33(37(39,40)21-44)46-14-12-45(13-15-46)30-8-6-25(18-28(30)38)41-29-7-9-34(47)42-35(29)48/h6,8,16-19,29,33,41H,7,9-15,20-21H2,1-5H3,(H,42,47,48). The summed E-state index contributed by atoms with van der Waals surface area (Å²) in [6.07, 6.45) is 2.78. The molecule has 4 heterocycles. The van der Waals surface area contributed by atoms with Gasteiger partial charge < -0.3 is 24.3 Å². The highest BCUT2D eigenvalue weighted by atomic mass is 35.5. The molecule has 0 bridgehead atoms. The summed E-state index contributed by atoms with van der Waals surface area (Å²) in [7, 11) is 4.83. The summed E-state index contributed by atoms with van der Waals surface area (Å²) in [6.45, 7) is 6.08. The average Bonchev–Trinajstić information content (AvgIpc) is 3.10. The lowest BCUT2D eigenvalue weighted by Crippen LogP contribution is -2.61. The first kappa shape index (κ1) is 36.6. The summed E-state index contributed by atoms with van der Waals surface area (Å²) in [5, 5.41) is 5.98. The second-order valence-electron chi connectivity index (χ2n) is 13.7. The van der Waals surface area contributed by atoms with Crippen LogP contribution in [0.2, 0.25) is 5.02 Å². The lowest BCUT2D eigenvalue weighted by Gasteiger charge is -2.47. The maximum absolute atomic E-state index is 15.9. The molecule has 51 heavy (non-hydrogen) atoms. The van der Waals surface area contributed by atoms with Crippen LogP contribution in [0.15, 0.2) is 41.3 Å². The van der Waals surface area contributed by atoms with E-state index >= 15 is 8.78 Å². The van der Waals surface area contributed by atoms with Crippen molar-refractivity contribution in [2.24, 2.45) is 7.05 Å². The number of piperazine rings is 1. The molecule has 2 unspecified atom stereocenters. The van der Waals surface area contributed by atoms with Gasteiger partial charge in [0, 0.05) is 75.7 Å². The molecule has 2 amide bonds. The van der Waals surface area contributed by atoms with Crippen LogP contribution < -0.4 is 30.6 Å². The Hall–Kier alpha value is -4.20. The Labute approximate surface area is 301 Å². The summed E-state index contributed by atoms with van der Waals surface area (Å²) in [4.78, 5) is 41.8. The molecule has 6 rings (SSSR count). The number of hydrogen-bond donors (Lipinski definition) is 2. The zero-order valence-corrected chi connectivity index (χ0v) is 30.4. The van der Waals surface area contributed by atoms with E-state index < -0.39 is 24.6 Å². The number of imide groups is 1. The van der Waals surface area contributed by atoms with Gasteiger partial charge in [-0.15, -0.1) is 0 Å². The number of aromatic nitrogens is 1. The number of aryl methyl sites for hydroxylation is 1. The largest absolute Gasteiger partial charge is 0.496 e. The first-order valence-corrected chi connectivity index (χ1v) is 17.6. The molecule has 0 radical (unpaired) electrons. The number of ether oxygens (including phenoxy) is 2. The minimum atomic E-state index is -2.94. The van der Waals surface area contributed by atoms with Crippen molar-refractivity contribution in [1.29, 1.82) is 0 Å². The van der Waals surface area contributed by atoms with Crippen LogP contribution in [0.3, 0.4) is 0 Å². The lowest BCUT2D eigenvalue weighted by atomic mass is 9.95. The number of likely N-dealkylation sites (tertiary alicyclic amines) is 1. The van der Waals surface area contributed by atoms with E-state index in [1.807, 2.05) is 36.1 Å². The Bertz CT molecular complexity index is 1850. The van der Waals surface area contributed by atoms with Crippen LogP contribution >= 0.6 is 11.6 Å². The number of methoxy groups -OCH3 is 2. The predicted molar refractivity (Wildman–Crippen MR) is 193 cm³/mol. The molecule has 0 spiro atoms. The highest BCUT2D eigenvalue weighted by Crippen LogP contribution is 2.40. The Kier molecular flexibility index (Phi) is 10.6. The Balaban J connectivity index is 1.09. The van der Waals surface area contributed by atoms with Gasteiger partial charge in [0.05, 0.1) is 43.1 Å². The fraction of sp³-hybridized carbons (Fsp3) is 0.486. The van der Waals surface area contributed by atoms with Crippen LogP contribution in [0, 0.1) is 13.8 Å². The number of halogens is 3. The van der Waals surface area contributed by atoms with Gasteiger partial charge >= 0.3 is 0 Å². The second-order valence-corrected chi connectivity index (χ2v) is 14.1. The van der Waals surface area contributed by atoms with Gasteiger partial charge in [-0.25, -0.2) is 8.78 Å². The minimum Gasteiger partial charge on any atom is -0.496 e. The van der Waals surface area contributed by atoms with E-state index in [1.165, 1.54) is 0 Å². The van der Waals surface area contributed by atoms with E-state index in [2.05, 4.69) is 15.5 Å². The van der Waals surface area contributed by atoms with Gasteiger partial charge in [-0.2, -0.15) is 0 Å². The fourth-order valence-corrected chi connectivity index (χ4v) is 7.83. The number of nitrogens with one attached hydrogen (secondary N) is 2. The summed E-state index contributed by atoms with van der Waals surface area (Å²) < 4.78 is 44.9. The molecule has 2 atom stereocenters. The quantitative estimate of drug-likeness (QED) is 0.307. The molecular formula is C37H45ClF2N6O5. The maximum atomic E-state index is 15.9. The molecule has 0 saturated carbocycles. The van der Waals surface area contributed by atoms with Crippen LogP contribution in [0.5, 0.6) is 11.5 Å². The number of piperidine rings is 2. The molecule has 2 N–H and O–H groups in total. The van der Waals surface area contributed by atoms with E-state index in [0.717, 1.165) is 22.4 Å². The normalized spacial score (nSPS) is 21.4. The molecule has 3 fully saturated rings. The van der Waals surface area contributed by atoms with E-state index in [-0.39, 0.29) is 30.3 Å². The van der Waals surface area contributed by atoms with Crippen LogP contribution in [0.4, 0.5) is 20.2 Å². The summed E-state index contributed by atoms with van der Waals surface area (Å²) in [5.41, 5.74) is 5.31. The summed E-state index contributed by atoms with van der Waals surface area (Å²) >= 11 is 6.66. The topological polar surface area (TPSA) is 108 Å². The van der Waals surface area contributed by atoms with Gasteiger partial charge in [0.25, 0.3) is 11.5 Å². The van der Waals surface area contributed by atoms with Gasteiger partial charge in [0.1, 0.15) is 17.5 Å². The van der Waals surface area contributed by atoms with Gasteiger partial charge in [0.2, 0.25) is 11.8 Å². The van der Waals surface area contributed by atoms with E-state index in [0.29, 0.717) is 78.9 Å². The predicted octanol–water partition coefficient (Wildman–Crippen LogP) is 4.59. The maximum Gasteiger partial charge on any atom is 0.275 e. The van der Waals surface area contributed by atoms with E-state index in [4.69, 9.17) is 21.1 Å². The number of carbonyl (C=O) groups is 2. The molecule has 14 heteroatoms. The molecule has 3 aliphatic rings. The number of amides is 2. The Morgan fingerprint density at radius 2 is 1.65 bits per heavy atom. The summed E-state index contributed by atoms with van der Waals surface area (Å²) in [5.74, 6) is -2.50. The number of hydrogen-bond acceptors (Lipinski definition) is 9. The van der Waals surface area contributed by atoms with E-state index in [1.54, 1.807) is 49.9 Å². The number of nitrogens with zero attached hydrogens (tertiary/aromatic N) is 4. The first-order valence-electron chi connectivity index (χ1n) is 17.2. The zero-order valence-electron chi connectivity index (χ0n) is 29.7. The highest BCUT2D eigenvalue weighted by Gasteiger charge is 2.48. The molecule has 2 aromatic carbocycles. The molecule has 0 aliphatic carbocycles. The van der Waals surface area contributed by atoms with Crippen molar-refractivity contribution in [2.75, 3.05) is 63.7 Å². The average molecular weight is 727 g/mol. The lowest BCUT2D eigenvalue weighted by molar-refractivity contribution is -0.133. The molecule has 3 saturated heterocycles. The number of rotatable bonds is 9. The third-order valence-corrected chi connectivity index (χ3v) is 10.8. The Morgan fingerprint density at radius 1 is 0.961 bits per heavy atom. The second kappa shape index (κ2) is 14.8. The smallest absolute Gasteiger partial charge is 0.275 e. The van der Waals surface area contributed by atoms with Gasteiger partial charge in [0.15, 0.2) is 0 Å². The third-order valence-electron chi connectivity index (χ3n) is 10.5. The molecule has 274 valence electrons. The summed E-state index contributed by atoms with van der Waals surface area (Å²) in [6, 6.07) is 7.82. The van der Waals surface area contributed by atoms with Crippen molar-refractivity contribution < 1.29 is 27.8 Å². The van der Waals surface area contributed by atoms with Gasteiger partial charge in [-0.1, -0.05) is 11.6 Å². The zero-order chi connectivity index (χ0) is 36.6. The van der Waals surface area contributed by atoms with Crippen LogP contribution in [0.1, 0.15) is 36.0 Å². The first-order chi connectivity index (χ1) is 24.3. The number of benzene rings is 2. The van der Waals surface area contributed by atoms with Crippen LogP contribution in [0.25, 0.3) is 11.1 Å². The molecule has 11 nitrogen and oxygen atoms in total. The van der Waals surface area contributed by atoms with Gasteiger partial charge in [-0.3, -0.25) is 29.5 Å². The molecule has 1 aromatic heterocycles. The van der Waals surface area contributed by atoms with Crippen molar-refractivity contribution in [3.63, 3.8) is 0 Å². The van der Waals surface area contributed by atoms with Crippen molar-refractivity contribution in [1.82, 2.24) is 19.7 Å². The number of pyridine rings is 1. The van der Waals surface area contributed by atoms with Crippen molar-refractivity contribution in [3.05, 3.63) is 68.6 Å². The molecule has 3 aromatic rings. The minimum absolute atomic E-state index is 0.0599. The van der Waals surface area contributed by atoms with Crippen LogP contribution in [-0.2, 0) is 23.2 Å². The van der Waals surface area contributed by atoms with E-state index in [9.17, 15) is 14.4 Å². The SMILES string of the molecule is COc1cc(-c2cn(C)c(=O)c(C)c2C)cc(OC)c1CN1CCC(N2CCN(c3ccc(NC4CCC(=O)NC4=O)cc3Cl)CC2)C(F)(F)C1. The number of carbonyl (C=O) groups excluding carboxylic acids is 2. The van der Waals surface area contributed by atoms with Crippen LogP contribution in [-0.4, -0.2) is 97.7 Å². The monoisotopic (exact) mass is 726 g/mol. The van der Waals surface area contributed by atoms with Gasteiger partial charge in [-0.05, 0) is 68.1 Å². The van der Waals surface area contributed by atoms with Crippen molar-refractivity contribution >= 4 is 34.8 Å². The molecule has 3 aliphatic heterocycles. The molecular weight excluding hydrogens is 682 g/mol. The highest BCUT2D eigenvalue weighted by molar-refractivity contribution is 6.33. The number of alkyl halides is 2. The van der Waals surface area contributed by atoms with Crippen molar-refractivity contribution in [2.45, 2.75) is 57.7 Å². The Morgan fingerprint density at radius 3 is 2.25 bits per heavy atom. The number of anilines is 2.